The van der Waals surface area contributed by atoms with Crippen LogP contribution in [0.15, 0.2) is 9.59 Å². The molecule has 6 heteroatoms. The highest BCUT2D eigenvalue weighted by atomic mass is 32.1. The van der Waals surface area contributed by atoms with E-state index in [9.17, 15) is 14.4 Å². The highest BCUT2D eigenvalue weighted by molar-refractivity contribution is 7.18. The third kappa shape index (κ3) is 2.06. The molecule has 2 aromatic rings. The van der Waals surface area contributed by atoms with Gasteiger partial charge in [-0.25, -0.2) is 4.79 Å². The molecule has 0 saturated heterocycles. The van der Waals surface area contributed by atoms with Crippen molar-refractivity contribution in [2.75, 3.05) is 0 Å². The van der Waals surface area contributed by atoms with Crippen molar-refractivity contribution in [1.82, 2.24) is 9.13 Å². The molecule has 0 aliphatic rings. The van der Waals surface area contributed by atoms with E-state index < -0.39 is 0 Å². The van der Waals surface area contributed by atoms with E-state index in [0.717, 1.165) is 34.1 Å². The molecule has 0 unspecified atom stereocenters. The summed E-state index contributed by atoms with van der Waals surface area (Å²) in [6, 6.07) is 0. The molecule has 0 N–H and O–H groups in total. The standard InChI is InChI=1S/C13H16N2O3S/c1-4-5-9-8(6-7-16)10-11(17)14(2)13(18)15(3)12(10)19-9/h7H,4-6H2,1-3H3. The van der Waals surface area contributed by atoms with Crippen LogP contribution in [0.3, 0.4) is 0 Å². The van der Waals surface area contributed by atoms with Gasteiger partial charge in [0.1, 0.15) is 11.1 Å². The SMILES string of the molecule is CCCc1sc2c(c1CC=O)c(=O)n(C)c(=O)n2C. The summed E-state index contributed by atoms with van der Waals surface area (Å²) in [7, 11) is 3.12. The van der Waals surface area contributed by atoms with Gasteiger partial charge in [-0.05, 0) is 12.0 Å². The van der Waals surface area contributed by atoms with Gasteiger partial charge in [0.05, 0.1) is 5.39 Å². The minimum atomic E-state index is -0.334. The quantitative estimate of drug-likeness (QED) is 0.785. The van der Waals surface area contributed by atoms with Crippen LogP contribution in [0, 0.1) is 0 Å². The fraction of sp³-hybridized carbons (Fsp3) is 0.462. The van der Waals surface area contributed by atoms with Crippen LogP contribution in [0.5, 0.6) is 0 Å². The molecule has 5 nitrogen and oxygen atoms in total. The van der Waals surface area contributed by atoms with Gasteiger partial charge in [0.25, 0.3) is 5.56 Å². The van der Waals surface area contributed by atoms with E-state index in [1.807, 2.05) is 6.92 Å². The van der Waals surface area contributed by atoms with Crippen LogP contribution in [-0.2, 0) is 31.7 Å². The van der Waals surface area contributed by atoms with Crippen molar-refractivity contribution in [3.63, 3.8) is 0 Å². The zero-order valence-electron chi connectivity index (χ0n) is 11.2. The van der Waals surface area contributed by atoms with Crippen molar-refractivity contribution in [3.8, 4) is 0 Å². The second-order valence-corrected chi connectivity index (χ2v) is 5.59. The number of aryl methyl sites for hydroxylation is 2. The Hall–Kier alpha value is -1.69. The Labute approximate surface area is 114 Å². The predicted octanol–water partition coefficient (Wildman–Crippen LogP) is 0.993. The molecule has 0 aliphatic carbocycles. The number of rotatable bonds is 4. The Kier molecular flexibility index (Phi) is 3.71. The molecule has 2 heterocycles. The lowest BCUT2D eigenvalue weighted by Crippen LogP contribution is -2.36. The third-order valence-corrected chi connectivity index (χ3v) is 4.60. The third-order valence-electron chi connectivity index (χ3n) is 3.23. The smallest absolute Gasteiger partial charge is 0.303 e. The normalized spacial score (nSPS) is 11.1. The maximum Gasteiger partial charge on any atom is 0.331 e. The lowest BCUT2D eigenvalue weighted by Gasteiger charge is -2.03. The van der Waals surface area contributed by atoms with Gasteiger partial charge in [-0.15, -0.1) is 11.3 Å². The van der Waals surface area contributed by atoms with Crippen LogP contribution in [-0.4, -0.2) is 15.4 Å². The van der Waals surface area contributed by atoms with Crippen LogP contribution in [0.2, 0.25) is 0 Å². The molecule has 0 radical (unpaired) electrons. The van der Waals surface area contributed by atoms with E-state index in [-0.39, 0.29) is 17.7 Å². The van der Waals surface area contributed by atoms with Gasteiger partial charge in [-0.1, -0.05) is 13.3 Å². The maximum atomic E-state index is 12.3. The van der Waals surface area contributed by atoms with Gasteiger partial charge in [-0.2, -0.15) is 0 Å². The fourth-order valence-electron chi connectivity index (χ4n) is 2.25. The molecule has 2 rings (SSSR count). The van der Waals surface area contributed by atoms with Crippen LogP contribution in [0.1, 0.15) is 23.8 Å². The number of fused-ring (bicyclic) bond motifs is 1. The fourth-order valence-corrected chi connectivity index (χ4v) is 3.62. The second-order valence-electron chi connectivity index (χ2n) is 4.51. The largest absolute Gasteiger partial charge is 0.331 e. The van der Waals surface area contributed by atoms with E-state index >= 15 is 0 Å². The average Bonchev–Trinajstić information content (AvgIpc) is 2.74. The molecule has 0 amide bonds. The number of hydrogen-bond donors (Lipinski definition) is 0. The number of aldehydes is 1. The number of nitrogens with zero attached hydrogens (tertiary/aromatic N) is 2. The van der Waals surface area contributed by atoms with E-state index in [1.165, 1.54) is 23.0 Å². The molecule has 0 atom stereocenters. The van der Waals surface area contributed by atoms with Crippen molar-refractivity contribution in [1.29, 1.82) is 0 Å². The van der Waals surface area contributed by atoms with Crippen molar-refractivity contribution in [3.05, 3.63) is 31.3 Å². The monoisotopic (exact) mass is 280 g/mol. The van der Waals surface area contributed by atoms with Gasteiger partial charge < -0.3 is 4.79 Å². The lowest BCUT2D eigenvalue weighted by molar-refractivity contribution is -0.107. The van der Waals surface area contributed by atoms with Crippen LogP contribution < -0.4 is 11.2 Å². The Bertz CT molecular complexity index is 752. The molecule has 0 bridgehead atoms. The minimum absolute atomic E-state index is 0.225. The molecular weight excluding hydrogens is 264 g/mol. The summed E-state index contributed by atoms with van der Waals surface area (Å²) in [4.78, 5) is 36.7. The summed E-state index contributed by atoms with van der Waals surface area (Å²) in [5, 5.41) is 0.519. The zero-order chi connectivity index (χ0) is 14.2. The highest BCUT2D eigenvalue weighted by Crippen LogP contribution is 2.29. The molecule has 0 fully saturated rings. The van der Waals surface area contributed by atoms with E-state index in [2.05, 4.69) is 0 Å². The van der Waals surface area contributed by atoms with E-state index in [1.54, 1.807) is 7.05 Å². The van der Waals surface area contributed by atoms with E-state index in [4.69, 9.17) is 0 Å². The zero-order valence-corrected chi connectivity index (χ0v) is 12.0. The average molecular weight is 280 g/mol. The molecule has 2 aromatic heterocycles. The summed E-state index contributed by atoms with van der Waals surface area (Å²) in [5.41, 5.74) is 0.140. The first kappa shape index (κ1) is 13.7. The Morgan fingerprint density at radius 3 is 2.47 bits per heavy atom. The first-order chi connectivity index (χ1) is 9.02. The molecule has 0 spiro atoms. The first-order valence-corrected chi connectivity index (χ1v) is 6.98. The Morgan fingerprint density at radius 1 is 1.21 bits per heavy atom. The first-order valence-electron chi connectivity index (χ1n) is 6.16. The second kappa shape index (κ2) is 5.13. The van der Waals surface area contributed by atoms with Gasteiger partial charge in [0, 0.05) is 25.4 Å². The van der Waals surface area contributed by atoms with Crippen molar-refractivity contribution >= 4 is 27.8 Å². The molecule has 102 valence electrons. The van der Waals surface area contributed by atoms with Gasteiger partial charge in [0.15, 0.2) is 0 Å². The van der Waals surface area contributed by atoms with E-state index in [0.29, 0.717) is 10.2 Å². The van der Waals surface area contributed by atoms with Crippen LogP contribution >= 0.6 is 11.3 Å². The molecule has 19 heavy (non-hydrogen) atoms. The van der Waals surface area contributed by atoms with Crippen LogP contribution in [0.25, 0.3) is 10.2 Å². The van der Waals surface area contributed by atoms with Gasteiger partial charge >= 0.3 is 5.69 Å². The molecule has 0 aromatic carbocycles. The van der Waals surface area contributed by atoms with Crippen molar-refractivity contribution < 1.29 is 4.79 Å². The van der Waals surface area contributed by atoms with Gasteiger partial charge in [0.2, 0.25) is 0 Å². The maximum absolute atomic E-state index is 12.3. The number of thiophene rings is 1. The topological polar surface area (TPSA) is 61.1 Å². The van der Waals surface area contributed by atoms with Gasteiger partial charge in [-0.3, -0.25) is 13.9 Å². The number of hydrogen-bond acceptors (Lipinski definition) is 4. The van der Waals surface area contributed by atoms with Crippen molar-refractivity contribution in [2.24, 2.45) is 14.1 Å². The number of aromatic nitrogens is 2. The van der Waals surface area contributed by atoms with Crippen molar-refractivity contribution in [2.45, 2.75) is 26.2 Å². The number of carbonyl (C=O) groups excluding carboxylic acids is 1. The highest BCUT2D eigenvalue weighted by Gasteiger charge is 2.18. The Balaban J connectivity index is 2.96. The summed E-state index contributed by atoms with van der Waals surface area (Å²) in [6.07, 6.45) is 2.79. The predicted molar refractivity (Wildman–Crippen MR) is 76.1 cm³/mol. The van der Waals surface area contributed by atoms with Crippen LogP contribution in [0.4, 0.5) is 0 Å². The molecular formula is C13H16N2O3S. The molecule has 0 aliphatic heterocycles. The summed E-state index contributed by atoms with van der Waals surface area (Å²) in [5.74, 6) is 0. The minimum Gasteiger partial charge on any atom is -0.303 e. The molecule has 0 saturated carbocycles. The lowest BCUT2D eigenvalue weighted by atomic mass is 10.1. The summed E-state index contributed by atoms with van der Waals surface area (Å²) >= 11 is 1.44. The summed E-state index contributed by atoms with van der Waals surface area (Å²) in [6.45, 7) is 2.05. The number of carbonyl (C=O) groups is 1. The Morgan fingerprint density at radius 2 is 1.89 bits per heavy atom. The summed E-state index contributed by atoms with van der Waals surface area (Å²) < 4.78 is 2.58.